The number of carbonyl (C=O) groups excluding carboxylic acids is 2. The van der Waals surface area contributed by atoms with Gasteiger partial charge in [-0.15, -0.1) is 0 Å². The standard InChI is InChI=1S/C54H108NO8P/c1-6-8-10-12-14-16-17-18-19-20-21-22-23-24-25-26-27-28-29-30-31-32-33-34-35-36-37-38-39-41-43-45-47-54(57)63-52(51-62-64(58,59)61-49-48-55(3,4)5)50-60-53(56)46-44-42-40-15-13-11-9-7-2/h52H,6-51H2,1-5H3. The fourth-order valence-corrected chi connectivity index (χ4v) is 9.03. The number of quaternary nitrogens is 1. The number of nitrogens with zero attached hydrogens (tertiary/aromatic N) is 1. The lowest BCUT2D eigenvalue weighted by Gasteiger charge is -2.28. The van der Waals surface area contributed by atoms with Crippen molar-refractivity contribution >= 4 is 19.8 Å². The SMILES string of the molecule is CCCCCCCCCCCCCCCCCCCCCCCCCCCCCCCCCCC(=O)OC(COC(=O)CCCCCCCCCC)COP(=O)([O-])OCC[N+](C)(C)C. The molecule has 0 radical (unpaired) electrons. The molecule has 0 aliphatic heterocycles. The quantitative estimate of drug-likeness (QED) is 0.0257. The third-order valence-electron chi connectivity index (χ3n) is 12.6. The molecule has 0 aromatic heterocycles. The normalized spacial score (nSPS) is 13.3. The topological polar surface area (TPSA) is 111 Å². The summed E-state index contributed by atoms with van der Waals surface area (Å²) >= 11 is 0. The molecule has 0 spiro atoms. The summed E-state index contributed by atoms with van der Waals surface area (Å²) < 4.78 is 33.9. The Morgan fingerprint density at radius 1 is 0.422 bits per heavy atom. The van der Waals surface area contributed by atoms with Crippen molar-refractivity contribution < 1.29 is 42.1 Å². The molecule has 0 fully saturated rings. The van der Waals surface area contributed by atoms with E-state index in [1.54, 1.807) is 0 Å². The zero-order valence-electron chi connectivity index (χ0n) is 43.3. The number of esters is 2. The van der Waals surface area contributed by atoms with E-state index in [0.717, 1.165) is 32.1 Å². The molecule has 0 aromatic carbocycles. The van der Waals surface area contributed by atoms with Gasteiger partial charge in [0.1, 0.15) is 19.8 Å². The van der Waals surface area contributed by atoms with Crippen LogP contribution in [0.15, 0.2) is 0 Å². The smallest absolute Gasteiger partial charge is 0.306 e. The molecular formula is C54H108NO8P. The van der Waals surface area contributed by atoms with Crippen LogP contribution in [0.3, 0.4) is 0 Å². The van der Waals surface area contributed by atoms with Crippen LogP contribution in [0, 0.1) is 0 Å². The number of unbranched alkanes of at least 4 members (excludes halogenated alkanes) is 38. The first-order chi connectivity index (χ1) is 31.0. The average molecular weight is 930 g/mol. The van der Waals surface area contributed by atoms with Crippen LogP contribution in [0.1, 0.15) is 284 Å². The summed E-state index contributed by atoms with van der Waals surface area (Å²) in [5.41, 5.74) is 0. The van der Waals surface area contributed by atoms with Gasteiger partial charge in [-0.1, -0.05) is 258 Å². The van der Waals surface area contributed by atoms with Crippen LogP contribution in [0.2, 0.25) is 0 Å². The Morgan fingerprint density at radius 3 is 1.00 bits per heavy atom. The number of phosphoric acid groups is 1. The molecule has 0 heterocycles. The maximum absolute atomic E-state index is 12.7. The van der Waals surface area contributed by atoms with E-state index in [0.29, 0.717) is 17.4 Å². The highest BCUT2D eigenvalue weighted by molar-refractivity contribution is 7.45. The van der Waals surface area contributed by atoms with Gasteiger partial charge in [0.2, 0.25) is 0 Å². The van der Waals surface area contributed by atoms with Crippen molar-refractivity contribution in [2.75, 3.05) is 47.5 Å². The van der Waals surface area contributed by atoms with Crippen LogP contribution in [0.4, 0.5) is 0 Å². The van der Waals surface area contributed by atoms with Gasteiger partial charge >= 0.3 is 11.9 Å². The van der Waals surface area contributed by atoms with Crippen molar-refractivity contribution in [3.8, 4) is 0 Å². The summed E-state index contributed by atoms with van der Waals surface area (Å²) in [7, 11) is 1.18. The highest BCUT2D eigenvalue weighted by atomic mass is 31.2. The highest BCUT2D eigenvalue weighted by Crippen LogP contribution is 2.38. The van der Waals surface area contributed by atoms with Gasteiger partial charge in [-0.05, 0) is 12.8 Å². The van der Waals surface area contributed by atoms with E-state index in [-0.39, 0.29) is 32.0 Å². The first kappa shape index (κ1) is 63.0. The predicted molar refractivity (Wildman–Crippen MR) is 269 cm³/mol. The number of likely N-dealkylation sites (N-methyl/N-ethyl adjacent to an activating group) is 1. The summed E-state index contributed by atoms with van der Waals surface area (Å²) in [5, 5.41) is 0. The van der Waals surface area contributed by atoms with E-state index in [9.17, 15) is 19.0 Å². The van der Waals surface area contributed by atoms with Crippen LogP contribution in [-0.2, 0) is 32.7 Å². The van der Waals surface area contributed by atoms with Gasteiger partial charge in [-0.2, -0.15) is 0 Å². The molecule has 2 atom stereocenters. The van der Waals surface area contributed by atoms with Gasteiger partial charge in [0.05, 0.1) is 27.7 Å². The first-order valence-corrected chi connectivity index (χ1v) is 29.2. The Bertz CT molecular complexity index is 1050. The second kappa shape index (κ2) is 47.1. The van der Waals surface area contributed by atoms with Crippen molar-refractivity contribution in [1.29, 1.82) is 0 Å². The number of hydrogen-bond donors (Lipinski definition) is 0. The van der Waals surface area contributed by atoms with E-state index in [4.69, 9.17) is 18.5 Å². The second-order valence-electron chi connectivity index (χ2n) is 20.3. The molecule has 0 rings (SSSR count). The Kier molecular flexibility index (Phi) is 46.4. The molecule has 0 aliphatic carbocycles. The van der Waals surface area contributed by atoms with E-state index in [1.807, 2.05) is 21.1 Å². The molecule has 9 nitrogen and oxygen atoms in total. The molecule has 0 amide bonds. The molecule has 0 saturated carbocycles. The largest absolute Gasteiger partial charge is 0.756 e. The zero-order valence-corrected chi connectivity index (χ0v) is 44.2. The number of phosphoric ester groups is 1. The van der Waals surface area contributed by atoms with Crippen molar-refractivity contribution in [2.24, 2.45) is 0 Å². The molecular weight excluding hydrogens is 822 g/mol. The average Bonchev–Trinajstić information content (AvgIpc) is 3.25. The summed E-state index contributed by atoms with van der Waals surface area (Å²) in [6.07, 6.45) is 51.9. The number of carbonyl (C=O) groups is 2. The Labute approximate surface area is 397 Å². The van der Waals surface area contributed by atoms with Crippen molar-refractivity contribution in [1.82, 2.24) is 0 Å². The van der Waals surface area contributed by atoms with Gasteiger partial charge in [0.15, 0.2) is 6.10 Å². The van der Waals surface area contributed by atoms with Gasteiger partial charge in [0, 0.05) is 12.8 Å². The third kappa shape index (κ3) is 50.4. The van der Waals surface area contributed by atoms with E-state index in [1.165, 1.54) is 218 Å². The first-order valence-electron chi connectivity index (χ1n) is 27.7. The lowest BCUT2D eigenvalue weighted by molar-refractivity contribution is -0.870. The second-order valence-corrected chi connectivity index (χ2v) is 21.7. The maximum atomic E-state index is 12.7. The molecule has 10 heteroatoms. The fraction of sp³-hybridized carbons (Fsp3) is 0.963. The Morgan fingerprint density at radius 2 is 0.703 bits per heavy atom. The van der Waals surface area contributed by atoms with Crippen LogP contribution < -0.4 is 4.89 Å². The van der Waals surface area contributed by atoms with Gasteiger partial charge in [-0.3, -0.25) is 14.2 Å². The Hall–Kier alpha value is -0.990. The fourth-order valence-electron chi connectivity index (χ4n) is 8.31. The van der Waals surface area contributed by atoms with Crippen LogP contribution in [-0.4, -0.2) is 70.0 Å². The molecule has 0 saturated heterocycles. The summed E-state index contributed by atoms with van der Waals surface area (Å²) in [6, 6.07) is 0. The van der Waals surface area contributed by atoms with E-state index < -0.39 is 26.5 Å². The zero-order chi connectivity index (χ0) is 47.1. The van der Waals surface area contributed by atoms with Crippen LogP contribution in [0.25, 0.3) is 0 Å². The maximum Gasteiger partial charge on any atom is 0.306 e. The monoisotopic (exact) mass is 930 g/mol. The Balaban J connectivity index is 3.87. The van der Waals surface area contributed by atoms with Crippen molar-refractivity contribution in [2.45, 2.75) is 290 Å². The minimum atomic E-state index is -4.62. The number of ether oxygens (including phenoxy) is 2. The van der Waals surface area contributed by atoms with Gasteiger partial charge in [-0.25, -0.2) is 0 Å². The number of hydrogen-bond acceptors (Lipinski definition) is 8. The molecule has 0 aliphatic rings. The molecule has 64 heavy (non-hydrogen) atoms. The lowest BCUT2D eigenvalue weighted by Crippen LogP contribution is -2.37. The lowest BCUT2D eigenvalue weighted by atomic mass is 10.0. The van der Waals surface area contributed by atoms with Crippen molar-refractivity contribution in [3.05, 3.63) is 0 Å². The molecule has 0 N–H and O–H groups in total. The predicted octanol–water partition coefficient (Wildman–Crippen LogP) is 16.1. The molecule has 382 valence electrons. The number of rotatable bonds is 52. The van der Waals surface area contributed by atoms with E-state index >= 15 is 0 Å². The minimum Gasteiger partial charge on any atom is -0.756 e. The summed E-state index contributed by atoms with van der Waals surface area (Å²) in [5.74, 6) is -0.821. The van der Waals surface area contributed by atoms with E-state index in [2.05, 4.69) is 13.8 Å². The molecule has 0 bridgehead atoms. The summed E-state index contributed by atoms with van der Waals surface area (Å²) in [6.45, 7) is 4.25. The molecule has 2 unspecified atom stereocenters. The highest BCUT2D eigenvalue weighted by Gasteiger charge is 2.22. The van der Waals surface area contributed by atoms with Crippen molar-refractivity contribution in [3.63, 3.8) is 0 Å². The minimum absolute atomic E-state index is 0.0258. The summed E-state index contributed by atoms with van der Waals surface area (Å²) in [4.78, 5) is 37.5. The van der Waals surface area contributed by atoms with Gasteiger partial charge in [0.25, 0.3) is 7.82 Å². The third-order valence-corrected chi connectivity index (χ3v) is 13.6. The van der Waals surface area contributed by atoms with Crippen LogP contribution >= 0.6 is 7.82 Å². The molecule has 0 aromatic rings. The van der Waals surface area contributed by atoms with Gasteiger partial charge < -0.3 is 27.9 Å². The van der Waals surface area contributed by atoms with Crippen LogP contribution in [0.5, 0.6) is 0 Å².